The highest BCUT2D eigenvalue weighted by Gasteiger charge is 2.22. The molecule has 0 aliphatic heterocycles. The molecule has 0 saturated heterocycles. The van der Waals surface area contributed by atoms with Gasteiger partial charge in [-0.05, 0) is 36.9 Å². The first-order valence-corrected chi connectivity index (χ1v) is 6.81. The molecule has 1 aliphatic rings. The Balaban J connectivity index is 1.73. The van der Waals surface area contributed by atoms with E-state index in [1.807, 2.05) is 12.1 Å². The highest BCUT2D eigenvalue weighted by molar-refractivity contribution is 7.12. The lowest BCUT2D eigenvalue weighted by Crippen LogP contribution is -2.23. The molecule has 86 valence electrons. The van der Waals surface area contributed by atoms with Gasteiger partial charge >= 0.3 is 0 Å². The molecule has 1 aromatic heterocycles. The van der Waals surface area contributed by atoms with Gasteiger partial charge in [0.2, 0.25) is 0 Å². The zero-order valence-corrected chi connectivity index (χ0v) is 10.5. The van der Waals surface area contributed by atoms with Crippen molar-refractivity contribution in [2.24, 2.45) is 11.8 Å². The molecule has 0 amide bonds. The van der Waals surface area contributed by atoms with Crippen molar-refractivity contribution in [3.63, 3.8) is 0 Å². The van der Waals surface area contributed by atoms with E-state index >= 15 is 0 Å². The number of thiophene rings is 1. The van der Waals surface area contributed by atoms with E-state index in [1.54, 1.807) is 11.3 Å². The molecule has 1 heterocycles. The van der Waals surface area contributed by atoms with E-state index < -0.39 is 0 Å². The van der Waals surface area contributed by atoms with Gasteiger partial charge in [-0.3, -0.25) is 0 Å². The van der Waals surface area contributed by atoms with Crippen LogP contribution in [-0.4, -0.2) is 6.54 Å². The van der Waals surface area contributed by atoms with Crippen molar-refractivity contribution in [3.8, 4) is 6.07 Å². The van der Waals surface area contributed by atoms with Crippen molar-refractivity contribution in [1.29, 1.82) is 5.26 Å². The standard InChI is InChI=1S/C13H18N2S/c1-10-3-2-4-11(10)8-15-9-13-6-5-12(7-14)16-13/h5-6,10-11,15H,2-4,8-9H2,1H3. The van der Waals surface area contributed by atoms with Crippen molar-refractivity contribution in [3.05, 3.63) is 21.9 Å². The molecule has 2 unspecified atom stereocenters. The molecule has 0 radical (unpaired) electrons. The maximum atomic E-state index is 8.72. The Hall–Kier alpha value is -0.850. The molecule has 0 spiro atoms. The van der Waals surface area contributed by atoms with E-state index in [-0.39, 0.29) is 0 Å². The van der Waals surface area contributed by atoms with Crippen LogP contribution >= 0.6 is 11.3 Å². The van der Waals surface area contributed by atoms with E-state index in [1.165, 1.54) is 24.1 Å². The minimum Gasteiger partial charge on any atom is -0.312 e. The van der Waals surface area contributed by atoms with Crippen LogP contribution in [0.15, 0.2) is 12.1 Å². The van der Waals surface area contributed by atoms with Crippen molar-refractivity contribution < 1.29 is 0 Å². The quantitative estimate of drug-likeness (QED) is 0.868. The number of nitrogens with one attached hydrogen (secondary N) is 1. The third kappa shape index (κ3) is 2.84. The predicted molar refractivity (Wildman–Crippen MR) is 67.2 cm³/mol. The summed E-state index contributed by atoms with van der Waals surface area (Å²) in [5.41, 5.74) is 0. The SMILES string of the molecule is CC1CCCC1CNCc1ccc(C#N)s1. The zero-order valence-electron chi connectivity index (χ0n) is 9.70. The van der Waals surface area contributed by atoms with Crippen LogP contribution in [0.3, 0.4) is 0 Å². The summed E-state index contributed by atoms with van der Waals surface area (Å²) in [6, 6.07) is 6.13. The molecule has 1 saturated carbocycles. The van der Waals surface area contributed by atoms with Gasteiger partial charge in [0.15, 0.2) is 0 Å². The number of nitrogens with zero attached hydrogens (tertiary/aromatic N) is 1. The fraction of sp³-hybridized carbons (Fsp3) is 0.615. The van der Waals surface area contributed by atoms with Gasteiger partial charge in [-0.2, -0.15) is 5.26 Å². The van der Waals surface area contributed by atoms with Crippen LogP contribution < -0.4 is 5.32 Å². The Bertz CT molecular complexity index is 378. The third-order valence-electron chi connectivity index (χ3n) is 3.52. The van der Waals surface area contributed by atoms with Gasteiger partial charge in [0.25, 0.3) is 0 Å². The highest BCUT2D eigenvalue weighted by Crippen LogP contribution is 2.30. The molecule has 2 rings (SSSR count). The predicted octanol–water partition coefficient (Wildman–Crippen LogP) is 3.15. The number of nitriles is 1. The summed E-state index contributed by atoms with van der Waals surface area (Å²) in [5.74, 6) is 1.74. The molecule has 2 atom stereocenters. The molecule has 1 aliphatic carbocycles. The molecule has 2 nitrogen and oxygen atoms in total. The lowest BCUT2D eigenvalue weighted by molar-refractivity contribution is 0.392. The van der Waals surface area contributed by atoms with Gasteiger partial charge in [-0.1, -0.05) is 19.8 Å². The summed E-state index contributed by atoms with van der Waals surface area (Å²) in [5, 5.41) is 12.2. The summed E-state index contributed by atoms with van der Waals surface area (Å²) >= 11 is 1.59. The number of hydrogen-bond donors (Lipinski definition) is 1. The second kappa shape index (κ2) is 5.47. The van der Waals surface area contributed by atoms with Gasteiger partial charge in [0, 0.05) is 11.4 Å². The van der Waals surface area contributed by atoms with Crippen molar-refractivity contribution in [2.75, 3.05) is 6.54 Å². The molecular formula is C13H18N2S. The smallest absolute Gasteiger partial charge is 0.110 e. The lowest BCUT2D eigenvalue weighted by Gasteiger charge is -2.15. The fourth-order valence-corrected chi connectivity index (χ4v) is 3.21. The van der Waals surface area contributed by atoms with Crippen LogP contribution in [-0.2, 0) is 6.54 Å². The van der Waals surface area contributed by atoms with Crippen LogP contribution in [0.4, 0.5) is 0 Å². The Morgan fingerprint density at radius 2 is 2.38 bits per heavy atom. The van der Waals surface area contributed by atoms with Crippen LogP contribution in [0, 0.1) is 23.2 Å². The Kier molecular flexibility index (Phi) is 3.98. The van der Waals surface area contributed by atoms with E-state index in [0.717, 1.165) is 29.8 Å². The number of rotatable bonds is 4. The van der Waals surface area contributed by atoms with Gasteiger partial charge in [0.05, 0.1) is 0 Å². The van der Waals surface area contributed by atoms with Crippen molar-refractivity contribution >= 4 is 11.3 Å². The van der Waals surface area contributed by atoms with Crippen molar-refractivity contribution in [1.82, 2.24) is 5.32 Å². The van der Waals surface area contributed by atoms with Gasteiger partial charge < -0.3 is 5.32 Å². The first kappa shape index (κ1) is 11.6. The maximum absolute atomic E-state index is 8.72. The Morgan fingerprint density at radius 3 is 3.00 bits per heavy atom. The molecule has 1 N–H and O–H groups in total. The first-order chi connectivity index (χ1) is 7.79. The second-order valence-corrected chi connectivity index (χ2v) is 5.85. The maximum Gasteiger partial charge on any atom is 0.110 e. The minimum atomic E-state index is 0.811. The second-order valence-electron chi connectivity index (χ2n) is 4.68. The van der Waals surface area contributed by atoms with E-state index in [0.29, 0.717) is 0 Å². The molecule has 0 aromatic carbocycles. The van der Waals surface area contributed by atoms with Crippen LogP contribution in [0.2, 0.25) is 0 Å². The highest BCUT2D eigenvalue weighted by atomic mass is 32.1. The molecule has 1 fully saturated rings. The first-order valence-electron chi connectivity index (χ1n) is 5.99. The normalized spacial score (nSPS) is 24.5. The summed E-state index contributed by atoms with van der Waals surface area (Å²) in [7, 11) is 0. The van der Waals surface area contributed by atoms with Gasteiger partial charge in [0.1, 0.15) is 10.9 Å². The monoisotopic (exact) mass is 234 g/mol. The molecule has 0 bridgehead atoms. The average Bonchev–Trinajstić information content (AvgIpc) is 2.89. The topological polar surface area (TPSA) is 35.8 Å². The minimum absolute atomic E-state index is 0.811. The summed E-state index contributed by atoms with van der Waals surface area (Å²) < 4.78 is 0. The van der Waals surface area contributed by atoms with Crippen molar-refractivity contribution in [2.45, 2.75) is 32.7 Å². The van der Waals surface area contributed by atoms with Gasteiger partial charge in [-0.25, -0.2) is 0 Å². The lowest BCUT2D eigenvalue weighted by atomic mass is 9.98. The van der Waals surface area contributed by atoms with Crippen LogP contribution in [0.1, 0.15) is 35.9 Å². The number of hydrogen-bond acceptors (Lipinski definition) is 3. The zero-order chi connectivity index (χ0) is 11.4. The fourth-order valence-electron chi connectivity index (χ4n) is 2.44. The largest absolute Gasteiger partial charge is 0.312 e. The third-order valence-corrected chi connectivity index (χ3v) is 4.51. The van der Waals surface area contributed by atoms with E-state index in [9.17, 15) is 0 Å². The van der Waals surface area contributed by atoms with Gasteiger partial charge in [-0.15, -0.1) is 11.3 Å². The summed E-state index contributed by atoms with van der Waals surface area (Å²) in [6.45, 7) is 4.40. The molecule has 1 aromatic rings. The van der Waals surface area contributed by atoms with E-state index in [4.69, 9.17) is 5.26 Å². The summed E-state index contributed by atoms with van der Waals surface area (Å²) in [6.07, 6.45) is 4.16. The average molecular weight is 234 g/mol. The Morgan fingerprint density at radius 1 is 1.50 bits per heavy atom. The van der Waals surface area contributed by atoms with Crippen LogP contribution in [0.25, 0.3) is 0 Å². The van der Waals surface area contributed by atoms with E-state index in [2.05, 4.69) is 18.3 Å². The molecular weight excluding hydrogens is 216 g/mol. The molecule has 3 heteroatoms. The van der Waals surface area contributed by atoms with Crippen LogP contribution in [0.5, 0.6) is 0 Å². The Labute approximate surface area is 101 Å². The summed E-state index contributed by atoms with van der Waals surface area (Å²) in [4.78, 5) is 2.08. The molecule has 16 heavy (non-hydrogen) atoms.